The third-order valence-electron chi connectivity index (χ3n) is 3.65. The first-order valence-corrected chi connectivity index (χ1v) is 8.42. The lowest BCUT2D eigenvalue weighted by Gasteiger charge is -2.17. The number of carbonyl (C=O) groups is 2. The molecule has 0 aromatic heterocycles. The Morgan fingerprint density at radius 3 is 2.41 bits per heavy atom. The van der Waals surface area contributed by atoms with E-state index >= 15 is 0 Å². The van der Waals surface area contributed by atoms with Gasteiger partial charge >= 0.3 is 0 Å². The summed E-state index contributed by atoms with van der Waals surface area (Å²) < 4.78 is 5.76. The maximum Gasteiger partial charge on any atom is 0.243 e. The van der Waals surface area contributed by atoms with E-state index in [1.807, 2.05) is 51.9 Å². The van der Waals surface area contributed by atoms with Crippen LogP contribution in [0.15, 0.2) is 18.2 Å². The molecule has 0 aliphatic rings. The van der Waals surface area contributed by atoms with E-state index in [0.29, 0.717) is 18.0 Å². The number of benzene rings is 1. The molecule has 7 nitrogen and oxygen atoms in total. The summed E-state index contributed by atoms with van der Waals surface area (Å²) in [5, 5.41) is 5.32. The summed E-state index contributed by atoms with van der Waals surface area (Å²) in [5.41, 5.74) is 7.37. The van der Waals surface area contributed by atoms with E-state index in [9.17, 15) is 9.59 Å². The number of nitrogens with zero attached hydrogens (tertiary/aromatic N) is 1. The number of anilines is 1. The first-order chi connectivity index (χ1) is 11.7. The van der Waals surface area contributed by atoms with E-state index in [1.54, 1.807) is 6.07 Å². The van der Waals surface area contributed by atoms with Gasteiger partial charge in [0.15, 0.2) is 0 Å². The monoisotopic (exact) mass is 422 g/mol. The van der Waals surface area contributed by atoms with Gasteiger partial charge in [0, 0.05) is 6.54 Å². The number of carbonyl (C=O) groups excluding carboxylic acids is 2. The van der Waals surface area contributed by atoms with Crippen molar-refractivity contribution in [3.8, 4) is 5.75 Å². The number of rotatable bonds is 9. The third-order valence-corrected chi connectivity index (χ3v) is 3.65. The van der Waals surface area contributed by atoms with Crippen molar-refractivity contribution < 1.29 is 14.3 Å². The minimum absolute atomic E-state index is 0. The lowest BCUT2D eigenvalue weighted by atomic mass is 10.1. The van der Waals surface area contributed by atoms with Crippen molar-refractivity contribution >= 4 is 42.3 Å². The molecule has 0 unspecified atom stereocenters. The van der Waals surface area contributed by atoms with Crippen molar-refractivity contribution in [2.24, 2.45) is 11.7 Å². The molecule has 156 valence electrons. The number of amides is 2. The Morgan fingerprint density at radius 1 is 1.22 bits per heavy atom. The van der Waals surface area contributed by atoms with Crippen molar-refractivity contribution in [1.82, 2.24) is 10.2 Å². The quantitative estimate of drug-likeness (QED) is 0.563. The number of nitrogens with two attached hydrogens (primary N) is 1. The summed E-state index contributed by atoms with van der Waals surface area (Å²) in [4.78, 5) is 25.9. The van der Waals surface area contributed by atoms with Crippen LogP contribution in [0.25, 0.3) is 0 Å². The summed E-state index contributed by atoms with van der Waals surface area (Å²) in [6.07, 6.45) is 0. The highest BCUT2D eigenvalue weighted by atomic mass is 35.5. The minimum Gasteiger partial charge on any atom is -0.490 e. The van der Waals surface area contributed by atoms with Gasteiger partial charge in [-0.15, -0.1) is 24.8 Å². The molecule has 4 N–H and O–H groups in total. The molecule has 0 radical (unpaired) electrons. The zero-order valence-corrected chi connectivity index (χ0v) is 18.2. The fraction of sp³-hybridized carbons (Fsp3) is 0.556. The molecule has 0 bridgehead atoms. The SMILES string of the molecule is Cc1ccc(NC(=O)CNC(=O)[C@@H](N)C(C)C)c(OCCN(C)C)c1.Cl.Cl. The molecule has 1 atom stereocenters. The Labute approximate surface area is 174 Å². The molecule has 0 aliphatic carbocycles. The van der Waals surface area contributed by atoms with E-state index in [1.165, 1.54) is 0 Å². The van der Waals surface area contributed by atoms with Crippen molar-refractivity contribution in [3.05, 3.63) is 23.8 Å². The van der Waals surface area contributed by atoms with Crippen LogP contribution < -0.4 is 21.1 Å². The second-order valence-electron chi connectivity index (χ2n) is 6.69. The highest BCUT2D eigenvalue weighted by Crippen LogP contribution is 2.25. The Kier molecular flexibility index (Phi) is 13.9. The van der Waals surface area contributed by atoms with Gasteiger partial charge in [-0.2, -0.15) is 0 Å². The van der Waals surface area contributed by atoms with Gasteiger partial charge in [-0.05, 0) is 44.6 Å². The van der Waals surface area contributed by atoms with Crippen molar-refractivity contribution in [2.75, 3.05) is 39.1 Å². The maximum absolute atomic E-state index is 12.1. The highest BCUT2D eigenvalue weighted by Gasteiger charge is 2.18. The molecule has 27 heavy (non-hydrogen) atoms. The molecule has 0 fully saturated rings. The van der Waals surface area contributed by atoms with Crippen molar-refractivity contribution in [2.45, 2.75) is 26.8 Å². The molecule has 0 aliphatic heterocycles. The van der Waals surface area contributed by atoms with Crippen LogP contribution in [0, 0.1) is 12.8 Å². The predicted octanol–water partition coefficient (Wildman–Crippen LogP) is 1.82. The molecular formula is C18H32Cl2N4O3. The van der Waals surface area contributed by atoms with E-state index in [2.05, 4.69) is 10.6 Å². The van der Waals surface area contributed by atoms with Crippen LogP contribution >= 0.6 is 24.8 Å². The lowest BCUT2D eigenvalue weighted by molar-refractivity contribution is -0.125. The summed E-state index contributed by atoms with van der Waals surface area (Å²) in [7, 11) is 3.93. The topological polar surface area (TPSA) is 96.7 Å². The highest BCUT2D eigenvalue weighted by molar-refractivity contribution is 5.96. The van der Waals surface area contributed by atoms with E-state index in [0.717, 1.165) is 12.1 Å². The van der Waals surface area contributed by atoms with Gasteiger partial charge in [-0.25, -0.2) is 0 Å². The first kappa shape index (κ1) is 27.7. The number of ether oxygens (including phenoxy) is 1. The van der Waals surface area contributed by atoms with Crippen molar-refractivity contribution in [3.63, 3.8) is 0 Å². The first-order valence-electron chi connectivity index (χ1n) is 8.42. The molecule has 1 aromatic rings. The maximum atomic E-state index is 12.1. The Hall–Kier alpha value is -1.54. The summed E-state index contributed by atoms with van der Waals surface area (Å²) >= 11 is 0. The summed E-state index contributed by atoms with van der Waals surface area (Å²) in [6, 6.07) is 4.93. The van der Waals surface area contributed by atoms with Gasteiger partial charge < -0.3 is 26.0 Å². The fourth-order valence-corrected chi connectivity index (χ4v) is 1.97. The number of nitrogens with one attached hydrogen (secondary N) is 2. The van der Waals surface area contributed by atoms with Gasteiger partial charge in [0.2, 0.25) is 11.8 Å². The fourth-order valence-electron chi connectivity index (χ4n) is 1.97. The third kappa shape index (κ3) is 10.4. The average Bonchev–Trinajstić information content (AvgIpc) is 2.53. The molecule has 1 aromatic carbocycles. The molecule has 0 saturated heterocycles. The Balaban J connectivity index is 0. The van der Waals surface area contributed by atoms with E-state index in [4.69, 9.17) is 10.5 Å². The second kappa shape index (κ2) is 13.6. The van der Waals surface area contributed by atoms with Gasteiger partial charge in [-0.3, -0.25) is 9.59 Å². The summed E-state index contributed by atoms with van der Waals surface area (Å²) in [5.74, 6) is -0.0422. The van der Waals surface area contributed by atoms with E-state index in [-0.39, 0.29) is 49.1 Å². The number of halogens is 2. The number of hydrogen-bond acceptors (Lipinski definition) is 5. The number of aryl methyl sites for hydroxylation is 1. The zero-order chi connectivity index (χ0) is 19.0. The predicted molar refractivity (Wildman–Crippen MR) is 114 cm³/mol. The van der Waals surface area contributed by atoms with Crippen LogP contribution in [0.3, 0.4) is 0 Å². The molecule has 9 heteroatoms. The van der Waals surface area contributed by atoms with Crippen LogP contribution in [-0.2, 0) is 9.59 Å². The second-order valence-corrected chi connectivity index (χ2v) is 6.69. The molecule has 0 saturated carbocycles. The molecule has 2 amide bonds. The Morgan fingerprint density at radius 2 is 1.85 bits per heavy atom. The smallest absolute Gasteiger partial charge is 0.243 e. The Bertz CT molecular complexity index is 598. The average molecular weight is 423 g/mol. The molecular weight excluding hydrogens is 391 g/mol. The van der Waals surface area contributed by atoms with Gasteiger partial charge in [0.05, 0.1) is 18.3 Å². The van der Waals surface area contributed by atoms with Crippen LogP contribution in [-0.4, -0.2) is 56.5 Å². The summed E-state index contributed by atoms with van der Waals surface area (Å²) in [6.45, 7) is 6.81. The largest absolute Gasteiger partial charge is 0.490 e. The van der Waals surface area contributed by atoms with Crippen LogP contribution in [0.1, 0.15) is 19.4 Å². The van der Waals surface area contributed by atoms with E-state index < -0.39 is 6.04 Å². The molecule has 1 rings (SSSR count). The van der Waals surface area contributed by atoms with Crippen LogP contribution in [0.4, 0.5) is 5.69 Å². The van der Waals surface area contributed by atoms with Gasteiger partial charge in [0.25, 0.3) is 0 Å². The normalized spacial score (nSPS) is 11.3. The van der Waals surface area contributed by atoms with Gasteiger partial charge in [0.1, 0.15) is 12.4 Å². The zero-order valence-electron chi connectivity index (χ0n) is 16.6. The standard InChI is InChI=1S/C18H30N4O3.2ClH/c1-12(2)17(19)18(24)20-11-16(23)21-14-7-6-13(3)10-15(14)25-9-8-22(4)5;;/h6-7,10,12,17H,8-9,11,19H2,1-5H3,(H,20,24)(H,21,23);2*1H/t17-;;/m0../s1. The lowest BCUT2D eigenvalue weighted by Crippen LogP contribution is -2.46. The molecule has 0 spiro atoms. The minimum atomic E-state index is -0.628. The number of likely N-dealkylation sites (N-methyl/N-ethyl adjacent to an activating group) is 1. The van der Waals surface area contributed by atoms with Gasteiger partial charge in [-0.1, -0.05) is 19.9 Å². The number of hydrogen-bond donors (Lipinski definition) is 3. The molecule has 0 heterocycles. The van der Waals surface area contributed by atoms with Crippen LogP contribution in [0.2, 0.25) is 0 Å². The van der Waals surface area contributed by atoms with Crippen molar-refractivity contribution in [1.29, 1.82) is 0 Å². The van der Waals surface area contributed by atoms with Crippen LogP contribution in [0.5, 0.6) is 5.75 Å².